The van der Waals surface area contributed by atoms with Gasteiger partial charge in [-0.1, -0.05) is 29.3 Å². The molecule has 0 spiro atoms. The topological polar surface area (TPSA) is 82.8 Å². The second kappa shape index (κ2) is 9.37. The van der Waals surface area contributed by atoms with E-state index >= 15 is 0 Å². The van der Waals surface area contributed by atoms with Crippen molar-refractivity contribution < 1.29 is 33.0 Å². The van der Waals surface area contributed by atoms with E-state index in [4.69, 9.17) is 23.2 Å². The van der Waals surface area contributed by atoms with Crippen molar-refractivity contribution in [3.8, 4) is 0 Å². The van der Waals surface area contributed by atoms with Crippen molar-refractivity contribution in [1.29, 1.82) is 0 Å². The van der Waals surface area contributed by atoms with Gasteiger partial charge in [-0.15, -0.1) is 0 Å². The quantitative estimate of drug-likeness (QED) is 0.499. The van der Waals surface area contributed by atoms with Crippen LogP contribution in [-0.2, 0) is 24.4 Å². The number of carboxylic acids is 1. The zero-order chi connectivity index (χ0) is 25.7. The molecule has 2 unspecified atom stereocenters. The summed E-state index contributed by atoms with van der Waals surface area (Å²) in [5.74, 6) is -2.54. The second-order valence-electron chi connectivity index (χ2n) is 8.67. The van der Waals surface area contributed by atoms with Crippen molar-refractivity contribution in [2.24, 2.45) is 13.0 Å². The van der Waals surface area contributed by atoms with Crippen LogP contribution in [0.2, 0.25) is 10.0 Å². The number of nitrogens with zero attached hydrogens (tertiary/aromatic N) is 2. The first-order valence-electron chi connectivity index (χ1n) is 10.7. The maximum atomic E-state index is 13.2. The van der Waals surface area contributed by atoms with Crippen molar-refractivity contribution >= 4 is 46.0 Å². The van der Waals surface area contributed by atoms with Crippen LogP contribution in [0, 0.1) is 5.92 Å². The minimum absolute atomic E-state index is 0.0262. The number of piperidine rings is 1. The number of likely N-dealkylation sites (tertiary alicyclic amines) is 1. The lowest BCUT2D eigenvalue weighted by atomic mass is 9.95. The van der Waals surface area contributed by atoms with E-state index in [1.165, 1.54) is 23.1 Å². The summed E-state index contributed by atoms with van der Waals surface area (Å²) < 4.78 is 41.0. The Morgan fingerprint density at radius 1 is 1.11 bits per heavy atom. The molecular weight excluding hydrogens is 508 g/mol. The van der Waals surface area contributed by atoms with Crippen LogP contribution in [0.15, 0.2) is 36.4 Å². The Kier molecular flexibility index (Phi) is 6.78. The standard InChI is InChI=1S/C24H21Cl2F3N2O4/c1-30-15(6-12-2-3-14(8-20(12)30)24(27,28)29)9-18-19(25)5-4-17(21(18)26)22(33)31-10-13(23(34)35)7-16(32)11-31/h2-6,8,13,16,32H,7,9-11H2,1H3,(H,34,35). The third kappa shape index (κ3) is 4.98. The predicted octanol–water partition coefficient (Wildman–Crippen LogP) is 5.00. The Morgan fingerprint density at radius 2 is 1.83 bits per heavy atom. The van der Waals surface area contributed by atoms with Crippen LogP contribution in [0.5, 0.6) is 0 Å². The Labute approximate surface area is 208 Å². The molecule has 11 heteroatoms. The highest BCUT2D eigenvalue weighted by atomic mass is 35.5. The predicted molar refractivity (Wildman–Crippen MR) is 125 cm³/mol. The van der Waals surface area contributed by atoms with Crippen LogP contribution in [0.4, 0.5) is 13.2 Å². The summed E-state index contributed by atoms with van der Waals surface area (Å²) in [6.45, 7) is -0.0914. The SMILES string of the molecule is Cn1c(Cc2c(Cl)ccc(C(=O)N3CC(O)CC(C(=O)O)C3)c2Cl)cc2ccc(C(F)(F)F)cc21. The number of carboxylic acid groups (broad SMARTS) is 1. The molecule has 1 amide bonds. The number of alkyl halides is 3. The van der Waals surface area contributed by atoms with E-state index in [0.717, 1.165) is 12.1 Å². The van der Waals surface area contributed by atoms with Crippen molar-refractivity contribution in [1.82, 2.24) is 9.47 Å². The van der Waals surface area contributed by atoms with E-state index < -0.39 is 35.6 Å². The molecule has 1 aliphatic heterocycles. The molecule has 2 aromatic carbocycles. The van der Waals surface area contributed by atoms with E-state index in [0.29, 0.717) is 22.2 Å². The number of fused-ring (bicyclic) bond motifs is 1. The minimum Gasteiger partial charge on any atom is -0.481 e. The van der Waals surface area contributed by atoms with Gasteiger partial charge in [0.25, 0.3) is 5.91 Å². The summed E-state index contributed by atoms with van der Waals surface area (Å²) in [4.78, 5) is 25.8. The minimum atomic E-state index is -4.47. The molecule has 0 aliphatic carbocycles. The van der Waals surface area contributed by atoms with Crippen LogP contribution in [-0.4, -0.2) is 50.8 Å². The fraction of sp³-hybridized carbons (Fsp3) is 0.333. The largest absolute Gasteiger partial charge is 0.481 e. The van der Waals surface area contributed by atoms with Gasteiger partial charge in [0, 0.05) is 42.8 Å². The third-order valence-corrected chi connectivity index (χ3v) is 7.10. The fourth-order valence-electron chi connectivity index (χ4n) is 4.43. The number of benzene rings is 2. The Hall–Kier alpha value is -2.75. The van der Waals surface area contributed by atoms with Gasteiger partial charge >= 0.3 is 12.1 Å². The van der Waals surface area contributed by atoms with Gasteiger partial charge in [0.2, 0.25) is 0 Å². The van der Waals surface area contributed by atoms with Crippen LogP contribution in [0.25, 0.3) is 10.9 Å². The number of β-amino-alcohol motifs (C(OH)–C–C–N with tert-alkyl or cyclic N) is 1. The summed E-state index contributed by atoms with van der Waals surface area (Å²) >= 11 is 13.0. The number of aliphatic carboxylic acids is 1. The summed E-state index contributed by atoms with van der Waals surface area (Å²) in [7, 11) is 1.63. The van der Waals surface area contributed by atoms with Crippen LogP contribution >= 0.6 is 23.2 Å². The number of carbonyl (C=O) groups excluding carboxylic acids is 1. The molecule has 186 valence electrons. The average Bonchev–Trinajstić information content (AvgIpc) is 3.10. The zero-order valence-corrected chi connectivity index (χ0v) is 20.0. The van der Waals surface area contributed by atoms with Crippen LogP contribution in [0.3, 0.4) is 0 Å². The van der Waals surface area contributed by atoms with Gasteiger partial charge in [-0.2, -0.15) is 13.2 Å². The molecule has 3 aromatic rings. The summed E-state index contributed by atoms with van der Waals surface area (Å²) in [5.41, 5.74) is 0.768. The molecule has 1 saturated heterocycles. The number of aryl methyl sites for hydroxylation is 1. The molecule has 0 radical (unpaired) electrons. The lowest BCUT2D eigenvalue weighted by molar-refractivity contribution is -0.145. The Morgan fingerprint density at radius 3 is 2.49 bits per heavy atom. The average molecular weight is 529 g/mol. The molecule has 2 N–H and O–H groups in total. The highest BCUT2D eigenvalue weighted by molar-refractivity contribution is 6.38. The molecule has 0 bridgehead atoms. The highest BCUT2D eigenvalue weighted by Gasteiger charge is 2.34. The molecule has 0 saturated carbocycles. The van der Waals surface area contributed by atoms with Crippen LogP contribution in [0.1, 0.15) is 33.6 Å². The van der Waals surface area contributed by atoms with Crippen LogP contribution < -0.4 is 0 Å². The first-order chi connectivity index (χ1) is 16.4. The van der Waals surface area contributed by atoms with Gasteiger partial charge < -0.3 is 19.7 Å². The fourth-order valence-corrected chi connectivity index (χ4v) is 5.01. The molecule has 2 heterocycles. The molecular formula is C24H21Cl2F3N2O4. The van der Waals surface area contributed by atoms with E-state index in [2.05, 4.69) is 0 Å². The summed E-state index contributed by atoms with van der Waals surface area (Å²) in [6, 6.07) is 8.14. The van der Waals surface area contributed by atoms with Gasteiger partial charge in [0.05, 0.1) is 28.2 Å². The number of amides is 1. The molecule has 4 rings (SSSR count). The Balaban J connectivity index is 1.67. The number of rotatable bonds is 4. The maximum Gasteiger partial charge on any atom is 0.416 e. The second-order valence-corrected chi connectivity index (χ2v) is 9.45. The molecule has 1 aliphatic rings. The highest BCUT2D eigenvalue weighted by Crippen LogP contribution is 2.35. The number of halogens is 5. The Bertz CT molecular complexity index is 1320. The van der Waals surface area contributed by atoms with Gasteiger partial charge in [0.15, 0.2) is 0 Å². The number of aliphatic hydroxyl groups is 1. The lowest BCUT2D eigenvalue weighted by Gasteiger charge is -2.34. The van der Waals surface area contributed by atoms with Crippen molar-refractivity contribution in [3.05, 3.63) is 68.8 Å². The van der Waals surface area contributed by atoms with Gasteiger partial charge in [-0.3, -0.25) is 9.59 Å². The van der Waals surface area contributed by atoms with Gasteiger partial charge in [-0.05, 0) is 47.7 Å². The molecule has 2 atom stereocenters. The number of aromatic nitrogens is 1. The number of hydrogen-bond donors (Lipinski definition) is 2. The maximum absolute atomic E-state index is 13.2. The molecule has 1 aromatic heterocycles. The molecule has 35 heavy (non-hydrogen) atoms. The van der Waals surface area contributed by atoms with E-state index in [-0.39, 0.29) is 41.5 Å². The zero-order valence-electron chi connectivity index (χ0n) is 18.4. The summed E-state index contributed by atoms with van der Waals surface area (Å²) in [5, 5.41) is 20.3. The van der Waals surface area contributed by atoms with E-state index in [9.17, 15) is 33.0 Å². The van der Waals surface area contributed by atoms with Gasteiger partial charge in [0.1, 0.15) is 0 Å². The van der Waals surface area contributed by atoms with Crippen molar-refractivity contribution in [3.63, 3.8) is 0 Å². The summed E-state index contributed by atoms with van der Waals surface area (Å²) in [6.07, 6.45) is -5.25. The third-order valence-electron chi connectivity index (χ3n) is 6.31. The van der Waals surface area contributed by atoms with Crippen molar-refractivity contribution in [2.45, 2.75) is 25.1 Å². The normalized spacial score (nSPS) is 18.8. The number of aliphatic hydroxyl groups excluding tert-OH is 1. The number of carbonyl (C=O) groups is 2. The van der Waals surface area contributed by atoms with Gasteiger partial charge in [-0.25, -0.2) is 0 Å². The van der Waals surface area contributed by atoms with E-state index in [1.54, 1.807) is 17.7 Å². The van der Waals surface area contributed by atoms with Crippen molar-refractivity contribution in [2.75, 3.05) is 13.1 Å². The molecule has 1 fully saturated rings. The lowest BCUT2D eigenvalue weighted by Crippen LogP contribution is -2.48. The monoisotopic (exact) mass is 528 g/mol. The number of hydrogen-bond acceptors (Lipinski definition) is 3. The first kappa shape index (κ1) is 25.3. The van der Waals surface area contributed by atoms with E-state index in [1.807, 2.05) is 0 Å². The molecule has 6 nitrogen and oxygen atoms in total. The smallest absolute Gasteiger partial charge is 0.416 e. The first-order valence-corrected chi connectivity index (χ1v) is 11.4.